The molecule has 0 fully saturated rings. The van der Waals surface area contributed by atoms with Crippen LogP contribution in [0.4, 0.5) is 17.6 Å². The molecule has 0 saturated carbocycles. The zero-order valence-corrected chi connectivity index (χ0v) is 11.8. The van der Waals surface area contributed by atoms with Crippen LogP contribution in [0, 0.1) is 6.92 Å². The first-order valence-electron chi connectivity index (χ1n) is 6.71. The molecule has 0 unspecified atom stereocenters. The molecule has 0 atom stereocenters. The number of aromatic nitrogens is 3. The van der Waals surface area contributed by atoms with Crippen molar-refractivity contribution in [1.82, 2.24) is 15.0 Å². The molecule has 0 aliphatic carbocycles. The van der Waals surface area contributed by atoms with Gasteiger partial charge in [0.15, 0.2) is 0 Å². The Morgan fingerprint density at radius 1 is 1.20 bits per heavy atom. The van der Waals surface area contributed by atoms with Crippen molar-refractivity contribution < 1.29 is 0 Å². The van der Waals surface area contributed by atoms with Crippen molar-refractivity contribution >= 4 is 17.6 Å². The molecule has 0 amide bonds. The number of anilines is 3. The molecule has 106 valence electrons. The average molecular weight is 272 g/mol. The summed E-state index contributed by atoms with van der Waals surface area (Å²) in [7, 11) is 0. The molecule has 0 aliphatic heterocycles. The molecule has 0 radical (unpaired) electrons. The third-order valence-corrected chi connectivity index (χ3v) is 2.91. The Morgan fingerprint density at radius 2 is 1.95 bits per heavy atom. The van der Waals surface area contributed by atoms with Crippen LogP contribution in [0.2, 0.25) is 0 Å². The number of nitrogens with two attached hydrogens (primary N) is 1. The maximum absolute atomic E-state index is 5.72. The van der Waals surface area contributed by atoms with Gasteiger partial charge in [-0.05, 0) is 30.5 Å². The Bertz CT molecular complexity index is 569. The lowest BCUT2D eigenvalue weighted by molar-refractivity contribution is 0.964. The summed E-state index contributed by atoms with van der Waals surface area (Å²) in [6.07, 6.45) is 4.67. The van der Waals surface area contributed by atoms with Crippen molar-refractivity contribution in [2.75, 3.05) is 22.9 Å². The first-order valence-corrected chi connectivity index (χ1v) is 6.71. The Morgan fingerprint density at radius 3 is 2.65 bits per heavy atom. The molecule has 4 N–H and O–H groups in total. The van der Waals surface area contributed by atoms with Gasteiger partial charge < -0.3 is 16.4 Å². The molecular weight excluding hydrogens is 252 g/mol. The van der Waals surface area contributed by atoms with Crippen LogP contribution in [-0.2, 0) is 6.54 Å². The minimum Gasteiger partial charge on any atom is -0.370 e. The predicted molar refractivity (Wildman–Crippen MR) is 81.5 cm³/mol. The van der Waals surface area contributed by atoms with Crippen LogP contribution in [-0.4, -0.2) is 21.5 Å². The van der Waals surface area contributed by atoms with Crippen molar-refractivity contribution in [3.05, 3.63) is 35.7 Å². The summed E-state index contributed by atoms with van der Waals surface area (Å²) >= 11 is 0. The van der Waals surface area contributed by atoms with Crippen LogP contribution < -0.4 is 16.4 Å². The van der Waals surface area contributed by atoms with E-state index in [0.717, 1.165) is 24.3 Å². The van der Waals surface area contributed by atoms with E-state index in [9.17, 15) is 0 Å². The largest absolute Gasteiger partial charge is 0.370 e. The SMILES string of the molecule is CCCNc1cc(NCc2cnccc2C)nc(N)n1. The summed E-state index contributed by atoms with van der Waals surface area (Å²) in [5, 5.41) is 6.45. The molecule has 0 spiro atoms. The van der Waals surface area contributed by atoms with E-state index >= 15 is 0 Å². The molecule has 2 heterocycles. The predicted octanol–water partition coefficient (Wildman–Crippen LogP) is 2.20. The molecule has 20 heavy (non-hydrogen) atoms. The second-order valence-electron chi connectivity index (χ2n) is 4.58. The normalized spacial score (nSPS) is 10.3. The number of pyridine rings is 1. The van der Waals surface area contributed by atoms with Gasteiger partial charge in [-0.25, -0.2) is 0 Å². The van der Waals surface area contributed by atoms with E-state index in [0.29, 0.717) is 12.4 Å². The number of nitrogens with zero attached hydrogens (tertiary/aromatic N) is 3. The quantitative estimate of drug-likeness (QED) is 0.747. The van der Waals surface area contributed by atoms with Crippen LogP contribution in [0.3, 0.4) is 0 Å². The standard InChI is InChI=1S/C14H20N6/c1-3-5-17-12-7-13(20-14(15)19-12)18-9-11-8-16-6-4-10(11)2/h4,6-8H,3,5,9H2,1-2H3,(H4,15,17,18,19,20). The topological polar surface area (TPSA) is 88.8 Å². The summed E-state index contributed by atoms with van der Waals surface area (Å²) in [6, 6.07) is 3.84. The maximum Gasteiger partial charge on any atom is 0.223 e. The molecule has 0 saturated heterocycles. The highest BCUT2D eigenvalue weighted by atomic mass is 15.1. The highest BCUT2D eigenvalue weighted by Gasteiger charge is 2.03. The van der Waals surface area contributed by atoms with Crippen molar-refractivity contribution in [3.63, 3.8) is 0 Å². The fraction of sp³-hybridized carbons (Fsp3) is 0.357. The van der Waals surface area contributed by atoms with Gasteiger partial charge in [0.25, 0.3) is 0 Å². The number of hydrogen-bond donors (Lipinski definition) is 3. The average Bonchev–Trinajstić information content (AvgIpc) is 2.44. The zero-order chi connectivity index (χ0) is 14.4. The molecule has 6 heteroatoms. The molecule has 0 aromatic carbocycles. The van der Waals surface area contributed by atoms with Crippen LogP contribution in [0.25, 0.3) is 0 Å². The van der Waals surface area contributed by atoms with E-state index in [-0.39, 0.29) is 5.95 Å². The van der Waals surface area contributed by atoms with Crippen molar-refractivity contribution in [2.24, 2.45) is 0 Å². The maximum atomic E-state index is 5.72. The number of hydrogen-bond acceptors (Lipinski definition) is 6. The molecule has 2 aromatic rings. The summed E-state index contributed by atoms with van der Waals surface area (Å²) < 4.78 is 0. The molecule has 0 aliphatic rings. The van der Waals surface area contributed by atoms with Crippen molar-refractivity contribution in [2.45, 2.75) is 26.8 Å². The van der Waals surface area contributed by atoms with Gasteiger partial charge >= 0.3 is 0 Å². The second kappa shape index (κ2) is 6.70. The Kier molecular flexibility index (Phi) is 4.70. The summed E-state index contributed by atoms with van der Waals surface area (Å²) in [6.45, 7) is 5.67. The number of rotatable bonds is 6. The van der Waals surface area contributed by atoms with Crippen molar-refractivity contribution in [3.8, 4) is 0 Å². The van der Waals surface area contributed by atoms with Gasteiger partial charge in [0.05, 0.1) is 0 Å². The van der Waals surface area contributed by atoms with Crippen LogP contribution >= 0.6 is 0 Å². The minimum absolute atomic E-state index is 0.261. The molecule has 6 nitrogen and oxygen atoms in total. The molecule has 2 aromatic heterocycles. The summed E-state index contributed by atoms with van der Waals surface area (Å²) in [5.41, 5.74) is 8.04. The number of nitrogen functional groups attached to an aromatic ring is 1. The lowest BCUT2D eigenvalue weighted by atomic mass is 10.1. The lowest BCUT2D eigenvalue weighted by Gasteiger charge is -2.10. The Balaban J connectivity index is 2.05. The second-order valence-corrected chi connectivity index (χ2v) is 4.58. The lowest BCUT2D eigenvalue weighted by Crippen LogP contribution is -2.09. The van der Waals surface area contributed by atoms with Crippen LogP contribution in [0.5, 0.6) is 0 Å². The van der Waals surface area contributed by atoms with Gasteiger partial charge in [0.1, 0.15) is 11.6 Å². The van der Waals surface area contributed by atoms with Gasteiger partial charge in [0, 0.05) is 31.5 Å². The summed E-state index contributed by atoms with van der Waals surface area (Å²) in [5.74, 6) is 1.71. The van der Waals surface area contributed by atoms with Crippen LogP contribution in [0.1, 0.15) is 24.5 Å². The van der Waals surface area contributed by atoms with Crippen LogP contribution in [0.15, 0.2) is 24.5 Å². The van der Waals surface area contributed by atoms with Gasteiger partial charge in [-0.2, -0.15) is 9.97 Å². The van der Waals surface area contributed by atoms with E-state index in [1.165, 1.54) is 5.56 Å². The zero-order valence-electron chi connectivity index (χ0n) is 11.8. The fourth-order valence-corrected chi connectivity index (χ4v) is 1.77. The first-order chi connectivity index (χ1) is 9.69. The van der Waals surface area contributed by atoms with E-state index < -0.39 is 0 Å². The Hall–Kier alpha value is -2.37. The first kappa shape index (κ1) is 14.0. The highest BCUT2D eigenvalue weighted by Crippen LogP contribution is 2.14. The van der Waals surface area contributed by atoms with E-state index in [1.54, 1.807) is 6.20 Å². The van der Waals surface area contributed by atoms with Gasteiger partial charge in [0.2, 0.25) is 5.95 Å². The highest BCUT2D eigenvalue weighted by molar-refractivity contribution is 5.51. The van der Waals surface area contributed by atoms with E-state index in [1.807, 2.05) is 18.3 Å². The van der Waals surface area contributed by atoms with Crippen molar-refractivity contribution in [1.29, 1.82) is 0 Å². The monoisotopic (exact) mass is 272 g/mol. The van der Waals surface area contributed by atoms with E-state index in [2.05, 4.69) is 39.4 Å². The fourth-order valence-electron chi connectivity index (χ4n) is 1.77. The van der Waals surface area contributed by atoms with Gasteiger partial charge in [-0.3, -0.25) is 4.98 Å². The third-order valence-electron chi connectivity index (χ3n) is 2.91. The van der Waals surface area contributed by atoms with E-state index in [4.69, 9.17) is 5.73 Å². The Labute approximate surface area is 118 Å². The van der Waals surface area contributed by atoms with Gasteiger partial charge in [-0.1, -0.05) is 6.92 Å². The third kappa shape index (κ3) is 3.81. The minimum atomic E-state index is 0.261. The smallest absolute Gasteiger partial charge is 0.223 e. The summed E-state index contributed by atoms with van der Waals surface area (Å²) in [4.78, 5) is 12.5. The molecular formula is C14H20N6. The number of aryl methyl sites for hydroxylation is 1. The molecule has 2 rings (SSSR count). The van der Waals surface area contributed by atoms with Gasteiger partial charge in [-0.15, -0.1) is 0 Å². The molecule has 0 bridgehead atoms. The number of nitrogens with one attached hydrogen (secondary N) is 2.